The van der Waals surface area contributed by atoms with Gasteiger partial charge in [0.25, 0.3) is 5.91 Å². The molecule has 4 nitrogen and oxygen atoms in total. The van der Waals surface area contributed by atoms with Gasteiger partial charge in [0.1, 0.15) is 0 Å². The minimum atomic E-state index is -0.127. The van der Waals surface area contributed by atoms with Crippen molar-refractivity contribution >= 4 is 23.2 Å². The highest BCUT2D eigenvalue weighted by molar-refractivity contribution is 6.33. The van der Waals surface area contributed by atoms with Crippen LogP contribution in [0.5, 0.6) is 0 Å². The monoisotopic (exact) mass is 268 g/mol. The topological polar surface area (TPSA) is 64.3 Å². The van der Waals surface area contributed by atoms with Crippen molar-refractivity contribution in [2.45, 2.75) is 19.4 Å². The molecule has 3 N–H and O–H groups in total. The standard InChI is InChI=1S/C13H17ClN2O2/c1-8-10(4-5-18-8)7-16-13(17)9-2-3-11(14)12(15)6-9/h2-3,6,8,10H,4-5,7,15H2,1H3,(H,16,17). The molecule has 1 heterocycles. The van der Waals surface area contributed by atoms with Crippen LogP contribution in [0.3, 0.4) is 0 Å². The number of anilines is 1. The Labute approximate surface area is 111 Å². The second kappa shape index (κ2) is 5.59. The van der Waals surface area contributed by atoms with Crippen molar-refractivity contribution in [1.29, 1.82) is 0 Å². The summed E-state index contributed by atoms with van der Waals surface area (Å²) in [4.78, 5) is 11.9. The van der Waals surface area contributed by atoms with E-state index in [0.717, 1.165) is 13.0 Å². The molecule has 2 unspecified atom stereocenters. The van der Waals surface area contributed by atoms with Crippen molar-refractivity contribution in [3.63, 3.8) is 0 Å². The first-order valence-corrected chi connectivity index (χ1v) is 6.40. The normalized spacial score (nSPS) is 23.0. The smallest absolute Gasteiger partial charge is 0.251 e. The number of rotatable bonds is 3. The summed E-state index contributed by atoms with van der Waals surface area (Å²) >= 11 is 5.81. The van der Waals surface area contributed by atoms with Crippen molar-refractivity contribution in [3.8, 4) is 0 Å². The Morgan fingerprint density at radius 2 is 2.39 bits per heavy atom. The second-order valence-electron chi connectivity index (χ2n) is 4.57. The van der Waals surface area contributed by atoms with E-state index in [1.54, 1.807) is 18.2 Å². The summed E-state index contributed by atoms with van der Waals surface area (Å²) in [5.41, 5.74) is 6.62. The van der Waals surface area contributed by atoms with E-state index in [1.807, 2.05) is 6.92 Å². The Morgan fingerprint density at radius 1 is 1.61 bits per heavy atom. The third kappa shape index (κ3) is 2.94. The molecule has 2 rings (SSSR count). The number of ether oxygens (including phenoxy) is 1. The molecule has 1 aliphatic heterocycles. The van der Waals surface area contributed by atoms with Gasteiger partial charge >= 0.3 is 0 Å². The van der Waals surface area contributed by atoms with E-state index < -0.39 is 0 Å². The van der Waals surface area contributed by atoms with Crippen molar-refractivity contribution < 1.29 is 9.53 Å². The highest BCUT2D eigenvalue weighted by Gasteiger charge is 2.24. The molecule has 0 bridgehead atoms. The average molecular weight is 269 g/mol. The van der Waals surface area contributed by atoms with Crippen LogP contribution in [0.15, 0.2) is 18.2 Å². The number of amides is 1. The Balaban J connectivity index is 1.93. The maximum absolute atomic E-state index is 11.9. The van der Waals surface area contributed by atoms with Crippen molar-refractivity contribution in [2.75, 3.05) is 18.9 Å². The Hall–Kier alpha value is -1.26. The maximum atomic E-state index is 11.9. The van der Waals surface area contributed by atoms with Crippen molar-refractivity contribution in [3.05, 3.63) is 28.8 Å². The number of nitrogen functional groups attached to an aromatic ring is 1. The Bertz CT molecular complexity index is 451. The highest BCUT2D eigenvalue weighted by atomic mass is 35.5. The van der Waals surface area contributed by atoms with Crippen molar-refractivity contribution in [2.24, 2.45) is 5.92 Å². The van der Waals surface area contributed by atoms with E-state index in [2.05, 4.69) is 5.32 Å². The average Bonchev–Trinajstić information content (AvgIpc) is 2.75. The summed E-state index contributed by atoms with van der Waals surface area (Å²) in [6.07, 6.45) is 1.20. The molecule has 18 heavy (non-hydrogen) atoms. The van der Waals surface area contributed by atoms with Crippen LogP contribution >= 0.6 is 11.6 Å². The lowest BCUT2D eigenvalue weighted by Gasteiger charge is -2.14. The third-order valence-corrected chi connectivity index (χ3v) is 3.66. The number of carbonyl (C=O) groups excluding carboxylic acids is 1. The number of benzene rings is 1. The number of nitrogens with one attached hydrogen (secondary N) is 1. The molecule has 1 aromatic carbocycles. The molecule has 0 aliphatic carbocycles. The quantitative estimate of drug-likeness (QED) is 0.825. The Kier molecular flexibility index (Phi) is 4.09. The van der Waals surface area contributed by atoms with E-state index in [-0.39, 0.29) is 12.0 Å². The molecule has 0 saturated carbocycles. The predicted octanol–water partition coefficient (Wildman–Crippen LogP) is 2.08. The van der Waals surface area contributed by atoms with Gasteiger partial charge in [0.15, 0.2) is 0 Å². The van der Waals surface area contributed by atoms with Gasteiger partial charge in [-0.05, 0) is 31.5 Å². The zero-order chi connectivity index (χ0) is 13.1. The van der Waals surface area contributed by atoms with Gasteiger partial charge in [-0.25, -0.2) is 0 Å². The lowest BCUT2D eigenvalue weighted by molar-refractivity contribution is 0.0907. The highest BCUT2D eigenvalue weighted by Crippen LogP contribution is 2.21. The largest absolute Gasteiger partial charge is 0.398 e. The molecule has 1 aliphatic rings. The van der Waals surface area contributed by atoms with Crippen molar-refractivity contribution in [1.82, 2.24) is 5.32 Å². The molecule has 5 heteroatoms. The van der Waals surface area contributed by atoms with Crippen LogP contribution in [0.4, 0.5) is 5.69 Å². The molecule has 2 atom stereocenters. The summed E-state index contributed by atoms with van der Waals surface area (Å²) in [7, 11) is 0. The van der Waals surface area contributed by atoms with Crippen LogP contribution < -0.4 is 11.1 Å². The molecular weight excluding hydrogens is 252 g/mol. The summed E-state index contributed by atoms with van der Waals surface area (Å²) in [5, 5.41) is 3.36. The van der Waals surface area contributed by atoms with Gasteiger partial charge < -0.3 is 15.8 Å². The van der Waals surface area contributed by atoms with Crippen LogP contribution in [0.25, 0.3) is 0 Å². The first kappa shape index (κ1) is 13.2. The Morgan fingerprint density at radius 3 is 3.00 bits per heavy atom. The third-order valence-electron chi connectivity index (χ3n) is 3.32. The molecule has 98 valence electrons. The van der Waals surface area contributed by atoms with Crippen LogP contribution in [0.2, 0.25) is 5.02 Å². The molecule has 0 spiro atoms. The maximum Gasteiger partial charge on any atom is 0.251 e. The molecule has 1 aromatic rings. The minimum Gasteiger partial charge on any atom is -0.398 e. The number of nitrogens with two attached hydrogens (primary N) is 1. The predicted molar refractivity (Wildman–Crippen MR) is 71.7 cm³/mol. The first-order chi connectivity index (χ1) is 8.58. The molecule has 1 saturated heterocycles. The van der Waals surface area contributed by atoms with Gasteiger partial charge in [0, 0.05) is 24.6 Å². The van der Waals surface area contributed by atoms with Crippen LogP contribution in [0.1, 0.15) is 23.7 Å². The summed E-state index contributed by atoms with van der Waals surface area (Å²) in [5.74, 6) is 0.260. The zero-order valence-corrected chi connectivity index (χ0v) is 11.0. The SMILES string of the molecule is CC1OCCC1CNC(=O)c1ccc(Cl)c(N)c1. The molecule has 1 fully saturated rings. The molecule has 0 aromatic heterocycles. The van der Waals surface area contributed by atoms with E-state index in [1.165, 1.54) is 0 Å². The first-order valence-electron chi connectivity index (χ1n) is 6.02. The minimum absolute atomic E-state index is 0.127. The zero-order valence-electron chi connectivity index (χ0n) is 10.3. The van der Waals surface area contributed by atoms with Gasteiger partial charge in [-0.15, -0.1) is 0 Å². The molecular formula is C13H17ClN2O2. The van der Waals surface area contributed by atoms with Gasteiger partial charge in [0.2, 0.25) is 0 Å². The van der Waals surface area contributed by atoms with E-state index in [4.69, 9.17) is 22.1 Å². The summed E-state index contributed by atoms with van der Waals surface area (Å²) in [6.45, 7) is 3.43. The van der Waals surface area contributed by atoms with E-state index in [9.17, 15) is 4.79 Å². The lowest BCUT2D eigenvalue weighted by Crippen LogP contribution is -2.31. The fraction of sp³-hybridized carbons (Fsp3) is 0.462. The fourth-order valence-corrected chi connectivity index (χ4v) is 2.17. The van der Waals surface area contributed by atoms with E-state index >= 15 is 0 Å². The summed E-state index contributed by atoms with van der Waals surface area (Å²) in [6, 6.07) is 4.89. The molecule has 1 amide bonds. The number of carbonyl (C=O) groups is 1. The van der Waals surface area contributed by atoms with Gasteiger partial charge in [-0.2, -0.15) is 0 Å². The van der Waals surface area contributed by atoms with Crippen LogP contribution in [-0.4, -0.2) is 25.2 Å². The van der Waals surface area contributed by atoms with Gasteiger partial charge in [-0.1, -0.05) is 11.6 Å². The van der Waals surface area contributed by atoms with Gasteiger partial charge in [0.05, 0.1) is 16.8 Å². The van der Waals surface area contributed by atoms with Gasteiger partial charge in [-0.3, -0.25) is 4.79 Å². The van der Waals surface area contributed by atoms with Crippen LogP contribution in [0, 0.1) is 5.92 Å². The second-order valence-corrected chi connectivity index (χ2v) is 4.98. The number of hydrogen-bond donors (Lipinski definition) is 2. The lowest BCUT2D eigenvalue weighted by atomic mass is 10.0. The number of halogens is 1. The van der Waals surface area contributed by atoms with Crippen LogP contribution in [-0.2, 0) is 4.74 Å². The fourth-order valence-electron chi connectivity index (χ4n) is 2.05. The number of hydrogen-bond acceptors (Lipinski definition) is 3. The van der Waals surface area contributed by atoms with E-state index in [0.29, 0.717) is 28.7 Å². The summed E-state index contributed by atoms with van der Waals surface area (Å²) < 4.78 is 5.45. The molecule has 0 radical (unpaired) electrons.